The molecule has 1 N–H and O–H groups in total. The van der Waals surface area contributed by atoms with Gasteiger partial charge in [-0.05, 0) is 47.8 Å². The summed E-state index contributed by atoms with van der Waals surface area (Å²) in [6.07, 6.45) is 1.51. The van der Waals surface area contributed by atoms with Crippen molar-refractivity contribution < 1.29 is 17.9 Å². The van der Waals surface area contributed by atoms with Crippen LogP contribution >= 0.6 is 11.3 Å². The molecule has 1 aromatic heterocycles. The van der Waals surface area contributed by atoms with Gasteiger partial charge < -0.3 is 4.74 Å². The van der Waals surface area contributed by atoms with E-state index in [0.717, 1.165) is 9.18 Å². The Morgan fingerprint density at radius 1 is 1.10 bits per heavy atom. The van der Waals surface area contributed by atoms with Crippen molar-refractivity contribution in [1.29, 1.82) is 0 Å². The van der Waals surface area contributed by atoms with Crippen LogP contribution in [-0.2, 0) is 14.8 Å². The first-order valence-corrected chi connectivity index (χ1v) is 10.9. The number of carbonyl (C=O) groups excluding carboxylic acids is 1. The molecule has 0 saturated carbocycles. The largest absolute Gasteiger partial charge is 0.497 e. The maximum atomic E-state index is 13.2. The number of nitrogens with zero attached hydrogens (tertiary/aromatic N) is 2. The monoisotopic (exact) mass is 429 g/mol. The average molecular weight is 430 g/mol. The highest BCUT2D eigenvalue weighted by atomic mass is 32.2. The number of para-hydroxylation sites is 1. The van der Waals surface area contributed by atoms with Crippen molar-refractivity contribution in [3.63, 3.8) is 0 Å². The molecule has 0 fully saturated rings. The normalized spacial score (nSPS) is 11.3. The molecule has 1 amide bonds. The Bertz CT molecular complexity index is 1060. The first-order valence-electron chi connectivity index (χ1n) is 8.58. The lowest BCUT2D eigenvalue weighted by molar-refractivity contribution is -0.119. The van der Waals surface area contributed by atoms with Crippen molar-refractivity contribution >= 4 is 39.2 Å². The lowest BCUT2D eigenvalue weighted by Crippen LogP contribution is -2.39. The third-order valence-electron chi connectivity index (χ3n) is 3.90. The summed E-state index contributed by atoms with van der Waals surface area (Å²) in [6, 6.07) is 18.2. The Morgan fingerprint density at radius 2 is 1.83 bits per heavy atom. The van der Waals surface area contributed by atoms with Gasteiger partial charge in [-0.1, -0.05) is 24.3 Å². The highest BCUT2D eigenvalue weighted by Gasteiger charge is 2.27. The van der Waals surface area contributed by atoms with E-state index in [2.05, 4.69) is 10.5 Å². The summed E-state index contributed by atoms with van der Waals surface area (Å²) in [6.45, 7) is -0.417. The number of rotatable bonds is 8. The van der Waals surface area contributed by atoms with Gasteiger partial charge in [0.1, 0.15) is 12.3 Å². The number of carbonyl (C=O) groups is 1. The number of nitrogens with one attached hydrogen (secondary N) is 1. The van der Waals surface area contributed by atoms with Crippen LogP contribution in [0.4, 0.5) is 5.69 Å². The van der Waals surface area contributed by atoms with E-state index in [0.29, 0.717) is 11.4 Å². The Kier molecular flexibility index (Phi) is 6.63. The topological polar surface area (TPSA) is 88.1 Å². The number of methoxy groups -OCH3 is 1. The highest BCUT2D eigenvalue weighted by molar-refractivity contribution is 7.92. The van der Waals surface area contributed by atoms with Gasteiger partial charge >= 0.3 is 0 Å². The number of benzene rings is 2. The van der Waals surface area contributed by atoms with Gasteiger partial charge in [-0.2, -0.15) is 5.10 Å². The maximum absolute atomic E-state index is 13.2. The molecular formula is C20H19N3O4S2. The predicted octanol–water partition coefficient (Wildman–Crippen LogP) is 3.10. The van der Waals surface area contributed by atoms with E-state index in [-0.39, 0.29) is 4.90 Å². The van der Waals surface area contributed by atoms with Crippen LogP contribution in [0.2, 0.25) is 0 Å². The minimum atomic E-state index is -3.98. The molecule has 150 valence electrons. The van der Waals surface area contributed by atoms with Gasteiger partial charge in [-0.25, -0.2) is 13.8 Å². The zero-order valence-corrected chi connectivity index (χ0v) is 17.2. The molecule has 0 aliphatic carbocycles. The Labute approximate surface area is 173 Å². The van der Waals surface area contributed by atoms with E-state index in [1.807, 2.05) is 17.5 Å². The number of thiophene rings is 1. The van der Waals surface area contributed by atoms with Gasteiger partial charge in [0.15, 0.2) is 0 Å². The van der Waals surface area contributed by atoms with Crippen LogP contribution in [0.3, 0.4) is 0 Å². The smallest absolute Gasteiger partial charge is 0.264 e. The van der Waals surface area contributed by atoms with Crippen molar-refractivity contribution in [2.45, 2.75) is 4.90 Å². The van der Waals surface area contributed by atoms with E-state index in [1.54, 1.807) is 42.5 Å². The fourth-order valence-corrected chi connectivity index (χ4v) is 4.49. The summed E-state index contributed by atoms with van der Waals surface area (Å²) in [7, 11) is -2.47. The Hall–Kier alpha value is -3.17. The molecule has 0 bridgehead atoms. The van der Waals surface area contributed by atoms with Gasteiger partial charge in [-0.3, -0.25) is 9.10 Å². The first kappa shape index (κ1) is 20.6. The molecule has 0 aliphatic rings. The van der Waals surface area contributed by atoms with Gasteiger partial charge in [0.05, 0.1) is 23.9 Å². The van der Waals surface area contributed by atoms with Crippen LogP contribution in [0.5, 0.6) is 5.75 Å². The van der Waals surface area contributed by atoms with E-state index in [4.69, 9.17) is 4.74 Å². The van der Waals surface area contributed by atoms with Crippen LogP contribution in [0, 0.1) is 0 Å². The molecule has 0 aliphatic heterocycles. The second-order valence-corrected chi connectivity index (χ2v) is 8.67. The van der Waals surface area contributed by atoms with Crippen molar-refractivity contribution in [3.8, 4) is 5.75 Å². The summed E-state index contributed by atoms with van der Waals surface area (Å²) < 4.78 is 32.5. The zero-order valence-electron chi connectivity index (χ0n) is 15.6. The molecule has 3 rings (SSSR count). The van der Waals surface area contributed by atoms with Gasteiger partial charge in [0, 0.05) is 4.88 Å². The predicted molar refractivity (Wildman–Crippen MR) is 114 cm³/mol. The van der Waals surface area contributed by atoms with Gasteiger partial charge in [0.2, 0.25) is 0 Å². The lowest BCUT2D eigenvalue weighted by atomic mass is 10.3. The van der Waals surface area contributed by atoms with Crippen LogP contribution in [-0.4, -0.2) is 34.2 Å². The van der Waals surface area contributed by atoms with E-state index >= 15 is 0 Å². The van der Waals surface area contributed by atoms with E-state index < -0.39 is 22.5 Å². The number of hydrogen-bond acceptors (Lipinski definition) is 6. The minimum absolute atomic E-state index is 0.0528. The molecule has 29 heavy (non-hydrogen) atoms. The van der Waals surface area contributed by atoms with Crippen molar-refractivity contribution in [2.75, 3.05) is 18.0 Å². The Morgan fingerprint density at radius 3 is 2.45 bits per heavy atom. The molecule has 7 nitrogen and oxygen atoms in total. The highest BCUT2D eigenvalue weighted by Crippen LogP contribution is 2.24. The number of hydrazone groups is 1. The lowest BCUT2D eigenvalue weighted by Gasteiger charge is -2.23. The number of ether oxygens (including phenoxy) is 1. The second kappa shape index (κ2) is 9.35. The fourth-order valence-electron chi connectivity index (χ4n) is 2.48. The molecule has 9 heteroatoms. The van der Waals surface area contributed by atoms with Crippen molar-refractivity contribution in [3.05, 3.63) is 77.0 Å². The summed E-state index contributed by atoms with van der Waals surface area (Å²) >= 11 is 1.47. The zero-order chi connectivity index (χ0) is 20.7. The van der Waals surface area contributed by atoms with Gasteiger partial charge in [-0.15, -0.1) is 11.3 Å². The summed E-state index contributed by atoms with van der Waals surface area (Å²) in [4.78, 5) is 13.3. The molecular weight excluding hydrogens is 410 g/mol. The number of anilines is 1. The molecule has 0 spiro atoms. The van der Waals surface area contributed by atoms with Crippen molar-refractivity contribution in [2.24, 2.45) is 5.10 Å². The molecule has 2 aromatic carbocycles. The Balaban J connectivity index is 1.83. The first-order chi connectivity index (χ1) is 14.0. The number of amides is 1. The quantitative estimate of drug-likeness (QED) is 0.440. The van der Waals surface area contributed by atoms with E-state index in [9.17, 15) is 13.2 Å². The van der Waals surface area contributed by atoms with E-state index in [1.165, 1.54) is 36.8 Å². The third-order valence-corrected chi connectivity index (χ3v) is 6.50. The minimum Gasteiger partial charge on any atom is -0.497 e. The molecule has 0 radical (unpaired) electrons. The van der Waals surface area contributed by atoms with Crippen LogP contribution in [0.25, 0.3) is 0 Å². The molecule has 0 unspecified atom stereocenters. The summed E-state index contributed by atoms with van der Waals surface area (Å²) in [5.41, 5.74) is 2.75. The van der Waals surface area contributed by atoms with Crippen LogP contribution in [0.1, 0.15) is 4.88 Å². The van der Waals surface area contributed by atoms with Crippen molar-refractivity contribution in [1.82, 2.24) is 5.43 Å². The summed E-state index contributed by atoms with van der Waals surface area (Å²) in [5.74, 6) is -0.0189. The molecule has 0 atom stereocenters. The molecule has 0 saturated heterocycles. The second-order valence-electron chi connectivity index (χ2n) is 5.83. The summed E-state index contributed by atoms with van der Waals surface area (Å²) in [5, 5.41) is 5.78. The van der Waals surface area contributed by atoms with Gasteiger partial charge in [0.25, 0.3) is 15.9 Å². The maximum Gasteiger partial charge on any atom is 0.264 e. The number of hydrogen-bond donors (Lipinski definition) is 1. The van der Waals surface area contributed by atoms with Crippen LogP contribution in [0.15, 0.2) is 82.1 Å². The standard InChI is InChI=1S/C20H19N3O4S2/c1-27-17-9-11-19(12-10-17)29(25,26)23(16-6-3-2-4-7-16)15-20(24)22-21-14-18-8-5-13-28-18/h2-14H,15H2,1H3,(H,22,24)/b21-14-. The molecule has 1 heterocycles. The average Bonchev–Trinajstić information content (AvgIpc) is 3.26. The fraction of sp³-hybridized carbons (Fsp3) is 0.100. The van der Waals surface area contributed by atoms with Crippen LogP contribution < -0.4 is 14.5 Å². The third kappa shape index (κ3) is 5.21. The number of sulfonamides is 1. The SMILES string of the molecule is COc1ccc(S(=O)(=O)N(CC(=O)N/N=C\c2cccs2)c2ccccc2)cc1. The molecule has 3 aromatic rings.